The van der Waals surface area contributed by atoms with Crippen LogP contribution in [0.4, 0.5) is 5.82 Å². The third kappa shape index (κ3) is 1.89. The Hall–Kier alpha value is -1.05. The van der Waals surface area contributed by atoms with Crippen molar-refractivity contribution in [3.05, 3.63) is 23.4 Å². The number of nitrogens with one attached hydrogen (secondary N) is 1. The first kappa shape index (κ1) is 9.50. The Labute approximate surface area is 85.7 Å². The molecule has 0 spiro atoms. The van der Waals surface area contributed by atoms with Gasteiger partial charge in [0.15, 0.2) is 0 Å². The number of pyridine rings is 1. The molecular weight excluding hydrogens is 172 g/mol. The molecule has 0 saturated carbocycles. The maximum Gasteiger partial charge on any atom is 0.129 e. The molecule has 0 aromatic carbocycles. The van der Waals surface area contributed by atoms with Gasteiger partial charge in [0.1, 0.15) is 5.82 Å². The Balaban J connectivity index is 2.32. The average Bonchev–Trinajstić information content (AvgIpc) is 2.41. The molecule has 2 heteroatoms. The summed E-state index contributed by atoms with van der Waals surface area (Å²) in [6, 6.07) is 4.40. The summed E-state index contributed by atoms with van der Waals surface area (Å²) >= 11 is 0. The monoisotopic (exact) mass is 190 g/mol. The smallest absolute Gasteiger partial charge is 0.129 e. The Kier molecular flexibility index (Phi) is 2.71. The highest BCUT2D eigenvalue weighted by Crippen LogP contribution is 2.22. The van der Waals surface area contributed by atoms with Gasteiger partial charge in [0.25, 0.3) is 0 Å². The highest BCUT2D eigenvalue weighted by atomic mass is 15.0. The van der Waals surface area contributed by atoms with E-state index in [-0.39, 0.29) is 0 Å². The predicted octanol–water partition coefficient (Wildman–Crippen LogP) is 2.95. The largest absolute Gasteiger partial charge is 0.370 e. The van der Waals surface area contributed by atoms with Gasteiger partial charge in [0.05, 0.1) is 0 Å². The van der Waals surface area contributed by atoms with Crippen LogP contribution >= 0.6 is 0 Å². The van der Waals surface area contributed by atoms with Crippen molar-refractivity contribution in [2.75, 3.05) is 11.9 Å². The van der Waals surface area contributed by atoms with Crippen molar-refractivity contribution >= 4 is 5.82 Å². The van der Waals surface area contributed by atoms with E-state index in [1.165, 1.54) is 30.5 Å². The molecule has 1 aromatic rings. The zero-order valence-corrected chi connectivity index (χ0v) is 9.01. The van der Waals surface area contributed by atoms with Crippen LogP contribution in [-0.4, -0.2) is 11.5 Å². The molecule has 0 fully saturated rings. The molecule has 1 N–H and O–H groups in total. The maximum absolute atomic E-state index is 4.66. The summed E-state index contributed by atoms with van der Waals surface area (Å²) in [7, 11) is 0. The summed E-state index contributed by atoms with van der Waals surface area (Å²) in [4.78, 5) is 4.66. The fraction of sp³-hybridized carbons (Fsp3) is 0.583. The summed E-state index contributed by atoms with van der Waals surface area (Å²) < 4.78 is 0. The zero-order chi connectivity index (χ0) is 9.97. The molecule has 1 aromatic heterocycles. The van der Waals surface area contributed by atoms with Crippen molar-refractivity contribution in [2.45, 2.75) is 39.0 Å². The number of aryl methyl sites for hydroxylation is 1. The van der Waals surface area contributed by atoms with Gasteiger partial charge in [-0.25, -0.2) is 4.98 Å². The van der Waals surface area contributed by atoms with Gasteiger partial charge in [-0.1, -0.05) is 19.9 Å². The van der Waals surface area contributed by atoms with Crippen LogP contribution in [-0.2, 0) is 6.42 Å². The van der Waals surface area contributed by atoms with E-state index in [0.717, 1.165) is 12.4 Å². The van der Waals surface area contributed by atoms with E-state index < -0.39 is 0 Å². The van der Waals surface area contributed by atoms with Crippen LogP contribution in [0.3, 0.4) is 0 Å². The van der Waals surface area contributed by atoms with E-state index in [1.54, 1.807) is 0 Å². The van der Waals surface area contributed by atoms with Crippen LogP contribution in [0.1, 0.15) is 43.9 Å². The third-order valence-electron chi connectivity index (χ3n) is 2.76. The Bertz CT molecular complexity index is 318. The molecule has 0 bridgehead atoms. The minimum atomic E-state index is 0.519. The maximum atomic E-state index is 4.66. The Morgan fingerprint density at radius 2 is 2.14 bits per heavy atom. The minimum Gasteiger partial charge on any atom is -0.370 e. The van der Waals surface area contributed by atoms with Gasteiger partial charge in [0.2, 0.25) is 0 Å². The van der Waals surface area contributed by atoms with Gasteiger partial charge in [0, 0.05) is 12.2 Å². The number of hydrogen-bond donors (Lipinski definition) is 1. The fourth-order valence-electron chi connectivity index (χ4n) is 1.83. The molecule has 0 radical (unpaired) electrons. The minimum absolute atomic E-state index is 0.519. The lowest BCUT2D eigenvalue weighted by atomic mass is 10.1. The van der Waals surface area contributed by atoms with Crippen molar-refractivity contribution in [2.24, 2.45) is 0 Å². The normalized spacial score (nSPS) is 15.9. The summed E-state index contributed by atoms with van der Waals surface area (Å²) in [5.74, 6) is 1.64. The highest BCUT2D eigenvalue weighted by molar-refractivity contribution is 5.46. The average molecular weight is 190 g/mol. The molecule has 14 heavy (non-hydrogen) atoms. The number of aromatic nitrogens is 1. The number of nitrogens with zero attached hydrogens (tertiary/aromatic N) is 1. The van der Waals surface area contributed by atoms with Gasteiger partial charge >= 0.3 is 0 Å². The Morgan fingerprint density at radius 1 is 1.29 bits per heavy atom. The molecule has 1 aliphatic heterocycles. The van der Waals surface area contributed by atoms with Gasteiger partial charge in [-0.15, -0.1) is 0 Å². The van der Waals surface area contributed by atoms with Crippen molar-refractivity contribution < 1.29 is 0 Å². The van der Waals surface area contributed by atoms with Crippen LogP contribution < -0.4 is 5.32 Å². The molecular formula is C12H18N2. The van der Waals surface area contributed by atoms with Crippen molar-refractivity contribution in [1.82, 2.24) is 4.98 Å². The fourth-order valence-corrected chi connectivity index (χ4v) is 1.83. The number of rotatable bonds is 1. The first-order valence-corrected chi connectivity index (χ1v) is 5.51. The van der Waals surface area contributed by atoms with Crippen LogP contribution in [0, 0.1) is 0 Å². The van der Waals surface area contributed by atoms with E-state index in [2.05, 4.69) is 36.3 Å². The molecule has 2 heterocycles. The molecule has 2 nitrogen and oxygen atoms in total. The summed E-state index contributed by atoms with van der Waals surface area (Å²) in [6.45, 7) is 5.44. The summed E-state index contributed by atoms with van der Waals surface area (Å²) in [5, 5.41) is 3.41. The van der Waals surface area contributed by atoms with Gasteiger partial charge in [-0.05, 0) is 36.8 Å². The van der Waals surface area contributed by atoms with E-state index in [4.69, 9.17) is 0 Å². The van der Waals surface area contributed by atoms with E-state index in [9.17, 15) is 0 Å². The van der Waals surface area contributed by atoms with Crippen LogP contribution in [0.25, 0.3) is 0 Å². The first-order valence-electron chi connectivity index (χ1n) is 5.51. The van der Waals surface area contributed by atoms with Crippen LogP contribution in [0.2, 0.25) is 0 Å². The molecule has 1 aliphatic rings. The van der Waals surface area contributed by atoms with Crippen LogP contribution in [0.15, 0.2) is 12.1 Å². The molecule has 0 atom stereocenters. The standard InChI is InChI=1S/C12H18N2/c1-9(2)11-7-6-10-5-3-4-8-13-12(10)14-11/h6-7,9H,3-5,8H2,1-2H3,(H,13,14). The second kappa shape index (κ2) is 3.99. The van der Waals surface area contributed by atoms with E-state index in [1.807, 2.05) is 0 Å². The molecule has 0 aliphatic carbocycles. The summed E-state index contributed by atoms with van der Waals surface area (Å²) in [5.41, 5.74) is 2.57. The lowest BCUT2D eigenvalue weighted by Crippen LogP contribution is -2.04. The molecule has 0 saturated heterocycles. The zero-order valence-electron chi connectivity index (χ0n) is 9.01. The number of hydrogen-bond acceptors (Lipinski definition) is 2. The second-order valence-electron chi connectivity index (χ2n) is 4.28. The Morgan fingerprint density at radius 3 is 2.93 bits per heavy atom. The van der Waals surface area contributed by atoms with E-state index in [0.29, 0.717) is 5.92 Å². The lowest BCUT2D eigenvalue weighted by molar-refractivity contribution is 0.785. The van der Waals surface area contributed by atoms with Crippen molar-refractivity contribution in [3.8, 4) is 0 Å². The summed E-state index contributed by atoms with van der Waals surface area (Å²) in [6.07, 6.45) is 3.71. The second-order valence-corrected chi connectivity index (χ2v) is 4.28. The topological polar surface area (TPSA) is 24.9 Å². The quantitative estimate of drug-likeness (QED) is 0.736. The first-order chi connectivity index (χ1) is 6.77. The predicted molar refractivity (Wildman–Crippen MR) is 59.8 cm³/mol. The van der Waals surface area contributed by atoms with Crippen molar-refractivity contribution in [1.29, 1.82) is 0 Å². The van der Waals surface area contributed by atoms with Crippen molar-refractivity contribution in [3.63, 3.8) is 0 Å². The SMILES string of the molecule is CC(C)c1ccc2c(n1)NCCCC2. The van der Waals surface area contributed by atoms with Gasteiger partial charge < -0.3 is 5.32 Å². The molecule has 2 rings (SSSR count). The molecule has 76 valence electrons. The number of anilines is 1. The van der Waals surface area contributed by atoms with Gasteiger partial charge in [-0.2, -0.15) is 0 Å². The lowest BCUT2D eigenvalue weighted by Gasteiger charge is -2.10. The molecule has 0 unspecified atom stereocenters. The number of fused-ring (bicyclic) bond motifs is 1. The molecule has 0 amide bonds. The third-order valence-corrected chi connectivity index (χ3v) is 2.76. The van der Waals surface area contributed by atoms with Crippen LogP contribution in [0.5, 0.6) is 0 Å². The van der Waals surface area contributed by atoms with Gasteiger partial charge in [-0.3, -0.25) is 0 Å². The van der Waals surface area contributed by atoms with E-state index >= 15 is 0 Å². The highest BCUT2D eigenvalue weighted by Gasteiger charge is 2.10.